The molecule has 2 aromatic carbocycles. The average molecular weight is 454 g/mol. The number of hydrogen-bond acceptors (Lipinski definition) is 8. The zero-order chi connectivity index (χ0) is 21.5. The fraction of sp³-hybridized carbons (Fsp3) is 0.278. The highest BCUT2D eigenvalue weighted by atomic mass is 32.2. The molecule has 0 spiro atoms. The van der Waals surface area contributed by atoms with Crippen molar-refractivity contribution in [2.75, 3.05) is 24.0 Å². The van der Waals surface area contributed by atoms with Crippen molar-refractivity contribution in [3.05, 3.63) is 42.0 Å². The maximum atomic E-state index is 12.9. The lowest BCUT2D eigenvalue weighted by Gasteiger charge is -2.18. The van der Waals surface area contributed by atoms with Crippen molar-refractivity contribution in [2.45, 2.75) is 17.9 Å². The van der Waals surface area contributed by atoms with Gasteiger partial charge in [0.15, 0.2) is 11.5 Å². The van der Waals surface area contributed by atoms with Crippen LogP contribution in [0.15, 0.2) is 41.3 Å². The Labute approximate surface area is 173 Å². The molecule has 1 fully saturated rings. The minimum atomic E-state index is -4.10. The Morgan fingerprint density at radius 1 is 1.13 bits per heavy atom. The molecule has 2 aliphatic heterocycles. The number of ether oxygens (including phenoxy) is 3. The highest BCUT2D eigenvalue weighted by Gasteiger charge is 2.37. The van der Waals surface area contributed by atoms with Crippen molar-refractivity contribution in [3.63, 3.8) is 0 Å². The van der Waals surface area contributed by atoms with E-state index in [9.17, 15) is 21.6 Å². The number of carbonyl (C=O) groups is 1. The van der Waals surface area contributed by atoms with E-state index in [4.69, 9.17) is 14.2 Å². The summed E-state index contributed by atoms with van der Waals surface area (Å²) in [4.78, 5) is 11.8. The van der Waals surface area contributed by atoms with Gasteiger partial charge in [0.1, 0.15) is 10.6 Å². The van der Waals surface area contributed by atoms with E-state index in [0.717, 1.165) is 6.07 Å². The van der Waals surface area contributed by atoms with Gasteiger partial charge in [-0.05, 0) is 35.9 Å². The summed E-state index contributed by atoms with van der Waals surface area (Å²) in [7, 11) is -6.64. The molecular formula is C18H18N2O8S2. The zero-order valence-corrected chi connectivity index (χ0v) is 17.5. The fourth-order valence-corrected chi connectivity index (χ4v) is 5.83. The van der Waals surface area contributed by atoms with Crippen LogP contribution in [0.3, 0.4) is 0 Å². The van der Waals surface area contributed by atoms with E-state index in [1.54, 1.807) is 18.2 Å². The molecule has 12 heteroatoms. The third-order valence-corrected chi connectivity index (χ3v) is 7.77. The van der Waals surface area contributed by atoms with Crippen molar-refractivity contribution < 1.29 is 35.8 Å². The number of carbonyl (C=O) groups excluding carboxylic acids is 1. The van der Waals surface area contributed by atoms with E-state index >= 15 is 0 Å². The summed E-state index contributed by atoms with van der Waals surface area (Å²) in [6, 6.07) is 8.79. The van der Waals surface area contributed by atoms with Gasteiger partial charge in [0.2, 0.25) is 32.7 Å². The number of hydrogen-bond donors (Lipinski definition) is 1. The molecule has 2 aliphatic rings. The monoisotopic (exact) mass is 454 g/mol. The molecule has 0 aromatic heterocycles. The number of amides is 1. The number of methoxy groups -OCH3 is 1. The molecule has 1 amide bonds. The van der Waals surface area contributed by atoms with E-state index in [1.165, 1.54) is 19.2 Å². The molecule has 2 heterocycles. The van der Waals surface area contributed by atoms with Gasteiger partial charge in [-0.25, -0.2) is 25.9 Å². The van der Waals surface area contributed by atoms with Crippen LogP contribution in [0.1, 0.15) is 12.0 Å². The van der Waals surface area contributed by atoms with E-state index in [1.807, 2.05) is 0 Å². The summed E-state index contributed by atoms with van der Waals surface area (Å²) in [6.45, 7) is 0.0555. The first-order valence-electron chi connectivity index (χ1n) is 8.83. The molecule has 0 bridgehead atoms. The van der Waals surface area contributed by atoms with Crippen LogP contribution in [0.4, 0.5) is 5.69 Å². The van der Waals surface area contributed by atoms with Crippen molar-refractivity contribution in [2.24, 2.45) is 0 Å². The molecule has 2 aromatic rings. The smallest absolute Gasteiger partial charge is 0.244 e. The maximum Gasteiger partial charge on any atom is 0.244 e. The number of rotatable bonds is 6. The topological polar surface area (TPSA) is 128 Å². The Hall–Kier alpha value is -2.83. The largest absolute Gasteiger partial charge is 0.495 e. The van der Waals surface area contributed by atoms with E-state index in [-0.39, 0.29) is 41.8 Å². The molecule has 0 atom stereocenters. The second-order valence-electron chi connectivity index (χ2n) is 6.57. The highest BCUT2D eigenvalue weighted by Crippen LogP contribution is 2.34. The first-order chi connectivity index (χ1) is 14.2. The van der Waals surface area contributed by atoms with E-state index in [0.29, 0.717) is 21.4 Å². The molecule has 160 valence electrons. The number of benzene rings is 2. The minimum Gasteiger partial charge on any atom is -0.495 e. The van der Waals surface area contributed by atoms with E-state index < -0.39 is 26.0 Å². The molecule has 0 unspecified atom stereocenters. The van der Waals surface area contributed by atoms with Gasteiger partial charge in [-0.15, -0.1) is 0 Å². The third kappa shape index (κ3) is 3.68. The Bertz CT molecular complexity index is 1220. The molecule has 4 rings (SSSR count). The van der Waals surface area contributed by atoms with Crippen molar-refractivity contribution in [1.29, 1.82) is 0 Å². The average Bonchev–Trinajstić information content (AvgIpc) is 3.29. The molecule has 10 nitrogen and oxygen atoms in total. The van der Waals surface area contributed by atoms with Gasteiger partial charge in [0.25, 0.3) is 0 Å². The van der Waals surface area contributed by atoms with Gasteiger partial charge in [0.05, 0.1) is 18.6 Å². The Balaban J connectivity index is 1.63. The van der Waals surface area contributed by atoms with Gasteiger partial charge in [-0.3, -0.25) is 4.79 Å². The van der Waals surface area contributed by atoms with Crippen molar-refractivity contribution in [3.8, 4) is 17.2 Å². The number of anilines is 1. The third-order valence-electron chi connectivity index (χ3n) is 4.65. The van der Waals surface area contributed by atoms with Crippen molar-refractivity contribution >= 4 is 31.6 Å². The second-order valence-corrected chi connectivity index (χ2v) is 10.2. The summed E-state index contributed by atoms with van der Waals surface area (Å²) in [6.07, 6.45) is -0.154. The van der Waals surface area contributed by atoms with Gasteiger partial charge < -0.3 is 14.2 Å². The van der Waals surface area contributed by atoms with Crippen LogP contribution >= 0.6 is 0 Å². The Morgan fingerprint density at radius 3 is 2.60 bits per heavy atom. The number of nitrogens with one attached hydrogen (secondary N) is 1. The van der Waals surface area contributed by atoms with Crippen molar-refractivity contribution in [1.82, 2.24) is 4.72 Å². The maximum absolute atomic E-state index is 12.9. The number of fused-ring (bicyclic) bond motifs is 1. The highest BCUT2D eigenvalue weighted by molar-refractivity contribution is 7.94. The zero-order valence-electron chi connectivity index (χ0n) is 15.8. The SMILES string of the molecule is COc1ccc(N2C(=O)CCS2(=O)=O)cc1S(=O)(=O)NCc1ccc2c(c1)OCO2. The molecule has 30 heavy (non-hydrogen) atoms. The lowest BCUT2D eigenvalue weighted by atomic mass is 10.2. The predicted octanol–water partition coefficient (Wildman–Crippen LogP) is 0.969. The summed E-state index contributed by atoms with van der Waals surface area (Å²) >= 11 is 0. The van der Waals surface area contributed by atoms with Crippen LogP contribution in [0.25, 0.3) is 0 Å². The van der Waals surface area contributed by atoms with Gasteiger partial charge in [-0.1, -0.05) is 6.07 Å². The summed E-state index contributed by atoms with van der Waals surface area (Å²) in [5.74, 6) is 0.178. The lowest BCUT2D eigenvalue weighted by molar-refractivity contribution is -0.116. The fourth-order valence-electron chi connectivity index (χ4n) is 3.18. The van der Waals surface area contributed by atoms with Crippen LogP contribution in [0.5, 0.6) is 17.2 Å². The van der Waals surface area contributed by atoms with Crippen LogP contribution in [0, 0.1) is 0 Å². The molecule has 0 aliphatic carbocycles. The summed E-state index contributed by atoms with van der Waals surface area (Å²) < 4.78 is 68.9. The van der Waals surface area contributed by atoms with Gasteiger partial charge in [-0.2, -0.15) is 0 Å². The summed E-state index contributed by atoms with van der Waals surface area (Å²) in [5, 5.41) is 0. The quantitative estimate of drug-likeness (QED) is 0.684. The van der Waals surface area contributed by atoms with Gasteiger partial charge in [0, 0.05) is 13.0 Å². The molecule has 1 saturated heterocycles. The predicted molar refractivity (Wildman–Crippen MR) is 105 cm³/mol. The Morgan fingerprint density at radius 2 is 1.90 bits per heavy atom. The number of sulfonamides is 2. The van der Waals surface area contributed by atoms with Crippen LogP contribution in [0.2, 0.25) is 0 Å². The van der Waals surface area contributed by atoms with E-state index in [2.05, 4.69) is 4.72 Å². The lowest BCUT2D eigenvalue weighted by Crippen LogP contribution is -2.30. The van der Waals surface area contributed by atoms with Crippen LogP contribution < -0.4 is 23.2 Å². The molecule has 1 N–H and O–H groups in total. The second kappa shape index (κ2) is 7.45. The first kappa shape index (κ1) is 20.4. The standard InChI is InChI=1S/C18H18N2O8S2/c1-26-15-5-3-13(20-18(21)6-7-29(20,22)23)9-17(15)30(24,25)19-10-12-2-4-14-16(8-12)28-11-27-14/h2-5,8-9,19H,6-7,10-11H2,1H3. The normalized spacial score (nSPS) is 17.4. The van der Waals surface area contributed by atoms with Crippen LogP contribution in [-0.4, -0.2) is 42.4 Å². The molecular weight excluding hydrogens is 436 g/mol. The molecule has 0 radical (unpaired) electrons. The summed E-state index contributed by atoms with van der Waals surface area (Å²) in [5.41, 5.74) is 0.581. The Kier molecular flexibility index (Phi) is 5.08. The first-order valence-corrected chi connectivity index (χ1v) is 11.9. The van der Waals surface area contributed by atoms with Crippen LogP contribution in [-0.2, 0) is 31.4 Å². The number of nitrogens with zero attached hydrogens (tertiary/aromatic N) is 1. The minimum absolute atomic E-state index is 0.0148. The van der Waals surface area contributed by atoms with Gasteiger partial charge >= 0.3 is 0 Å². The molecule has 0 saturated carbocycles.